The molecule has 1 amide bonds. The first-order chi connectivity index (χ1) is 10.1. The van der Waals surface area contributed by atoms with Crippen LogP contribution < -0.4 is 10.6 Å². The Kier molecular flexibility index (Phi) is 4.89. The van der Waals surface area contributed by atoms with Crippen LogP contribution >= 0.6 is 11.3 Å². The van der Waals surface area contributed by atoms with Gasteiger partial charge in [-0.2, -0.15) is 0 Å². The number of carbonyl (C=O) groups is 1. The fourth-order valence-corrected chi connectivity index (χ4v) is 2.50. The number of hydrogen-bond acceptors (Lipinski definition) is 5. The van der Waals surface area contributed by atoms with E-state index in [1.165, 1.54) is 0 Å². The smallest absolute Gasteiger partial charge is 0.324 e. The highest BCUT2D eigenvalue weighted by molar-refractivity contribution is 7.13. The van der Waals surface area contributed by atoms with Crippen LogP contribution in [0.3, 0.4) is 0 Å². The van der Waals surface area contributed by atoms with E-state index < -0.39 is 0 Å². The molecule has 0 unspecified atom stereocenters. The minimum Gasteiger partial charge on any atom is -0.381 e. The molecule has 1 heterocycles. The third-order valence-corrected chi connectivity index (χ3v) is 3.84. The van der Waals surface area contributed by atoms with Gasteiger partial charge in [0.05, 0.1) is 11.3 Å². The van der Waals surface area contributed by atoms with E-state index in [0.717, 1.165) is 28.2 Å². The van der Waals surface area contributed by atoms with E-state index in [4.69, 9.17) is 0 Å². The number of benzene rings is 1. The Morgan fingerprint density at radius 3 is 2.57 bits per heavy atom. The van der Waals surface area contributed by atoms with Gasteiger partial charge in [0, 0.05) is 30.7 Å². The number of nitro groups is 1. The summed E-state index contributed by atoms with van der Waals surface area (Å²) in [6.45, 7) is 0.527. The van der Waals surface area contributed by atoms with Gasteiger partial charge in [0.15, 0.2) is 0 Å². The van der Waals surface area contributed by atoms with Crippen molar-refractivity contribution in [2.24, 2.45) is 0 Å². The number of amides is 1. The average Bonchev–Trinajstić information content (AvgIpc) is 2.95. The molecule has 2 N–H and O–H groups in total. The highest BCUT2D eigenvalue weighted by atomic mass is 32.1. The summed E-state index contributed by atoms with van der Waals surface area (Å²) in [4.78, 5) is 21.5. The van der Waals surface area contributed by atoms with Crippen LogP contribution in [0.2, 0.25) is 0 Å². The fraction of sp³-hybridized carbons (Fsp3) is 0.214. The molecular weight excluding hydrogens is 290 g/mol. The van der Waals surface area contributed by atoms with Gasteiger partial charge in [-0.05, 0) is 23.3 Å². The number of rotatable bonds is 6. The molecule has 1 aromatic heterocycles. The first-order valence-electron chi connectivity index (χ1n) is 6.33. The Labute approximate surface area is 126 Å². The van der Waals surface area contributed by atoms with Gasteiger partial charge >= 0.3 is 5.00 Å². The summed E-state index contributed by atoms with van der Waals surface area (Å²) in [7, 11) is 1.61. The molecule has 1 aromatic carbocycles. The van der Waals surface area contributed by atoms with Crippen LogP contribution in [-0.4, -0.2) is 17.9 Å². The highest BCUT2D eigenvalue weighted by Gasteiger charge is 2.09. The van der Waals surface area contributed by atoms with Crippen LogP contribution in [0.15, 0.2) is 35.7 Å². The van der Waals surface area contributed by atoms with Crippen molar-refractivity contribution in [1.29, 1.82) is 0 Å². The molecule has 0 atom stereocenters. The van der Waals surface area contributed by atoms with Crippen molar-refractivity contribution >= 4 is 27.9 Å². The molecule has 0 saturated carbocycles. The number of likely N-dealkylation sites (N-methyl/N-ethyl adjacent to an activating group) is 1. The van der Waals surface area contributed by atoms with Crippen LogP contribution in [-0.2, 0) is 17.8 Å². The number of thiophene rings is 1. The SMILES string of the molecule is CNC(=O)Cc1ccc(NCc2csc([N+](=O)[O-])c2)cc1. The van der Waals surface area contributed by atoms with Crippen molar-refractivity contribution < 1.29 is 9.72 Å². The summed E-state index contributed by atoms with van der Waals surface area (Å²) in [5.74, 6) is -0.0266. The fourth-order valence-electron chi connectivity index (χ4n) is 1.77. The molecule has 0 aliphatic heterocycles. The molecule has 2 aromatic rings. The zero-order valence-corrected chi connectivity index (χ0v) is 12.3. The van der Waals surface area contributed by atoms with Gasteiger partial charge in [-0.1, -0.05) is 23.5 Å². The van der Waals surface area contributed by atoms with E-state index in [-0.39, 0.29) is 15.8 Å². The summed E-state index contributed by atoms with van der Waals surface area (Å²) in [5.41, 5.74) is 2.72. The Morgan fingerprint density at radius 1 is 1.29 bits per heavy atom. The molecule has 0 spiro atoms. The molecule has 0 bridgehead atoms. The number of nitrogens with zero attached hydrogens (tertiary/aromatic N) is 1. The third kappa shape index (κ3) is 4.28. The lowest BCUT2D eigenvalue weighted by Crippen LogP contribution is -2.19. The minimum atomic E-state index is -0.387. The molecule has 0 aliphatic rings. The Hall–Kier alpha value is -2.41. The monoisotopic (exact) mass is 305 g/mol. The van der Waals surface area contributed by atoms with Crippen LogP contribution in [0.25, 0.3) is 0 Å². The summed E-state index contributed by atoms with van der Waals surface area (Å²) in [5, 5.41) is 18.3. The largest absolute Gasteiger partial charge is 0.381 e. The van der Waals surface area contributed by atoms with Crippen molar-refractivity contribution in [2.45, 2.75) is 13.0 Å². The van der Waals surface area contributed by atoms with Gasteiger partial charge in [-0.15, -0.1) is 0 Å². The number of hydrogen-bond donors (Lipinski definition) is 2. The van der Waals surface area contributed by atoms with E-state index in [0.29, 0.717) is 13.0 Å². The Morgan fingerprint density at radius 2 is 2.00 bits per heavy atom. The van der Waals surface area contributed by atoms with Gasteiger partial charge in [0.25, 0.3) is 0 Å². The maximum absolute atomic E-state index is 11.3. The highest BCUT2D eigenvalue weighted by Crippen LogP contribution is 2.23. The predicted molar refractivity (Wildman–Crippen MR) is 82.5 cm³/mol. The molecule has 2 rings (SSSR count). The van der Waals surface area contributed by atoms with Crippen LogP contribution in [0.4, 0.5) is 10.7 Å². The molecule has 0 fully saturated rings. The number of carbonyl (C=O) groups excluding carboxylic acids is 1. The predicted octanol–water partition coefficient (Wildman–Crippen LogP) is 2.56. The zero-order valence-electron chi connectivity index (χ0n) is 11.5. The lowest BCUT2D eigenvalue weighted by atomic mass is 10.1. The van der Waals surface area contributed by atoms with Crippen molar-refractivity contribution in [3.05, 3.63) is 57.0 Å². The molecule has 0 radical (unpaired) electrons. The van der Waals surface area contributed by atoms with E-state index in [9.17, 15) is 14.9 Å². The maximum atomic E-state index is 11.3. The minimum absolute atomic E-state index is 0.0266. The summed E-state index contributed by atoms with van der Waals surface area (Å²) >= 11 is 1.12. The zero-order chi connectivity index (χ0) is 15.2. The van der Waals surface area contributed by atoms with Crippen LogP contribution in [0.5, 0.6) is 0 Å². The topological polar surface area (TPSA) is 84.3 Å². The van der Waals surface area contributed by atoms with Crippen LogP contribution in [0.1, 0.15) is 11.1 Å². The number of anilines is 1. The molecule has 0 aliphatic carbocycles. The third-order valence-electron chi connectivity index (χ3n) is 2.91. The molecule has 7 heteroatoms. The second-order valence-corrected chi connectivity index (χ2v) is 5.34. The Balaban J connectivity index is 1.91. The normalized spacial score (nSPS) is 10.1. The first-order valence-corrected chi connectivity index (χ1v) is 7.21. The quantitative estimate of drug-likeness (QED) is 0.634. The number of nitrogens with one attached hydrogen (secondary N) is 2. The second-order valence-electron chi connectivity index (χ2n) is 4.45. The van der Waals surface area contributed by atoms with Gasteiger partial charge in [-0.25, -0.2) is 0 Å². The van der Waals surface area contributed by atoms with Gasteiger partial charge in [0.2, 0.25) is 5.91 Å². The molecule has 6 nitrogen and oxygen atoms in total. The molecule has 21 heavy (non-hydrogen) atoms. The van der Waals surface area contributed by atoms with E-state index in [1.807, 2.05) is 24.3 Å². The molecule has 110 valence electrons. The molecule has 0 saturated heterocycles. The average molecular weight is 305 g/mol. The van der Waals surface area contributed by atoms with Crippen molar-refractivity contribution in [3.8, 4) is 0 Å². The van der Waals surface area contributed by atoms with Gasteiger partial charge in [0.1, 0.15) is 0 Å². The first kappa shape index (κ1) is 15.0. The van der Waals surface area contributed by atoms with Crippen molar-refractivity contribution in [3.63, 3.8) is 0 Å². The summed E-state index contributed by atoms with van der Waals surface area (Å²) < 4.78 is 0. The lowest BCUT2D eigenvalue weighted by Gasteiger charge is -2.06. The van der Waals surface area contributed by atoms with E-state index in [1.54, 1.807) is 18.5 Å². The van der Waals surface area contributed by atoms with Crippen molar-refractivity contribution in [2.75, 3.05) is 12.4 Å². The van der Waals surface area contributed by atoms with Crippen LogP contribution in [0, 0.1) is 10.1 Å². The van der Waals surface area contributed by atoms with E-state index in [2.05, 4.69) is 10.6 Å². The maximum Gasteiger partial charge on any atom is 0.324 e. The molecular formula is C14H15N3O3S. The van der Waals surface area contributed by atoms with Gasteiger partial charge in [-0.3, -0.25) is 14.9 Å². The lowest BCUT2D eigenvalue weighted by molar-refractivity contribution is -0.380. The van der Waals surface area contributed by atoms with E-state index >= 15 is 0 Å². The van der Waals surface area contributed by atoms with Gasteiger partial charge < -0.3 is 10.6 Å². The Bertz CT molecular complexity index is 637. The summed E-state index contributed by atoms with van der Waals surface area (Å²) in [6.07, 6.45) is 0.355. The standard InChI is InChI=1S/C14H15N3O3S/c1-15-13(18)6-10-2-4-12(5-3-10)16-8-11-7-14(17(19)20)21-9-11/h2-5,7,9,16H,6,8H2,1H3,(H,15,18). The second kappa shape index (κ2) is 6.85. The summed E-state index contributed by atoms with van der Waals surface area (Å²) in [6, 6.07) is 9.11. The van der Waals surface area contributed by atoms with Crippen molar-refractivity contribution in [1.82, 2.24) is 5.32 Å².